The Balaban J connectivity index is 1.61. The quantitative estimate of drug-likeness (QED) is 0.159. The standard InChI is InChI=1S/C36H44N4O6S/c1-4-5-16-36(43)40(38-35(42)24-37-23-29-14-10-7-11-15-29)32(21-28-12-8-6-9-13-28)33(41)26-39(25-27(2)3)47(44,45)31-17-18-34-30(22-31)19-20-46-34/h1,6-15,17-18,22,27,32-33,37,41H,5,16,19-21,23-26H2,2-3H3,(H,38,42)/t32?,33-/m1/s1. The molecule has 2 atom stereocenters. The van der Waals surface area contributed by atoms with E-state index in [1.165, 1.54) is 10.4 Å². The van der Waals surface area contributed by atoms with Crippen molar-refractivity contribution in [3.8, 4) is 18.1 Å². The van der Waals surface area contributed by atoms with Crippen molar-refractivity contribution in [2.24, 2.45) is 5.92 Å². The van der Waals surface area contributed by atoms with E-state index < -0.39 is 34.0 Å². The number of aliphatic hydroxyl groups excluding tert-OH is 1. The smallest absolute Gasteiger partial charge is 0.252 e. The highest BCUT2D eigenvalue weighted by Gasteiger charge is 2.36. The molecule has 0 saturated carbocycles. The molecule has 1 heterocycles. The Bertz CT molecular complexity index is 1630. The van der Waals surface area contributed by atoms with Crippen LogP contribution in [-0.4, -0.2) is 73.0 Å². The maximum atomic E-state index is 14.0. The molecule has 1 unspecified atom stereocenters. The fraction of sp³-hybridized carbons (Fsp3) is 0.389. The highest BCUT2D eigenvalue weighted by atomic mass is 32.2. The van der Waals surface area contributed by atoms with E-state index in [2.05, 4.69) is 16.7 Å². The summed E-state index contributed by atoms with van der Waals surface area (Å²) in [5, 5.41) is 16.1. The Morgan fingerprint density at radius 2 is 1.68 bits per heavy atom. The zero-order valence-electron chi connectivity index (χ0n) is 27.0. The summed E-state index contributed by atoms with van der Waals surface area (Å²) < 4.78 is 34.9. The van der Waals surface area contributed by atoms with Gasteiger partial charge < -0.3 is 15.2 Å². The first-order chi connectivity index (χ1) is 22.6. The lowest BCUT2D eigenvalue weighted by Crippen LogP contribution is -2.60. The Kier molecular flexibility index (Phi) is 13.0. The lowest BCUT2D eigenvalue weighted by atomic mass is 9.99. The number of carbonyl (C=O) groups excluding carboxylic acids is 2. The van der Waals surface area contributed by atoms with Crippen molar-refractivity contribution < 1.29 is 27.9 Å². The van der Waals surface area contributed by atoms with Crippen molar-refractivity contribution in [2.75, 3.05) is 26.2 Å². The van der Waals surface area contributed by atoms with Crippen molar-refractivity contribution >= 4 is 21.8 Å². The summed E-state index contributed by atoms with van der Waals surface area (Å²) in [4.78, 5) is 26.9. The number of nitrogens with one attached hydrogen (secondary N) is 2. The molecule has 3 aromatic rings. The largest absolute Gasteiger partial charge is 0.493 e. The number of terminal acetylenes is 1. The first-order valence-corrected chi connectivity index (χ1v) is 17.3. The van der Waals surface area contributed by atoms with Crippen molar-refractivity contribution in [1.82, 2.24) is 20.1 Å². The molecule has 11 heteroatoms. The Hall–Kier alpha value is -4.21. The van der Waals surface area contributed by atoms with Gasteiger partial charge in [0, 0.05) is 38.9 Å². The van der Waals surface area contributed by atoms with Gasteiger partial charge in [0.15, 0.2) is 0 Å². The number of aliphatic hydroxyl groups is 1. The van der Waals surface area contributed by atoms with Gasteiger partial charge >= 0.3 is 0 Å². The van der Waals surface area contributed by atoms with Crippen LogP contribution in [0.5, 0.6) is 5.75 Å². The summed E-state index contributed by atoms with van der Waals surface area (Å²) in [5.41, 5.74) is 5.29. The van der Waals surface area contributed by atoms with Crippen LogP contribution in [0.4, 0.5) is 0 Å². The summed E-state index contributed by atoms with van der Waals surface area (Å²) in [6, 6.07) is 22.6. The SMILES string of the molecule is C#CCCC(=O)N(NC(=O)CNCc1ccccc1)C(Cc1ccccc1)[C@H](O)CN(CC(C)C)S(=O)(=O)c1ccc2c(c1)CCO2. The maximum absolute atomic E-state index is 14.0. The predicted molar refractivity (Wildman–Crippen MR) is 180 cm³/mol. The van der Waals surface area contributed by atoms with Crippen LogP contribution in [0.15, 0.2) is 83.8 Å². The molecule has 0 radical (unpaired) electrons. The predicted octanol–water partition coefficient (Wildman–Crippen LogP) is 3.30. The summed E-state index contributed by atoms with van der Waals surface area (Å²) in [6.45, 7) is 4.43. The third kappa shape index (κ3) is 10.1. The Labute approximate surface area is 278 Å². The van der Waals surface area contributed by atoms with Gasteiger partial charge in [-0.2, -0.15) is 4.31 Å². The lowest BCUT2D eigenvalue weighted by Gasteiger charge is -2.37. The molecule has 10 nitrogen and oxygen atoms in total. The zero-order chi connectivity index (χ0) is 33.8. The minimum atomic E-state index is -4.05. The second kappa shape index (κ2) is 17.1. The first-order valence-electron chi connectivity index (χ1n) is 15.9. The van der Waals surface area contributed by atoms with Gasteiger partial charge in [0.25, 0.3) is 5.91 Å². The molecule has 47 heavy (non-hydrogen) atoms. The number of rotatable bonds is 16. The number of amides is 2. The van der Waals surface area contributed by atoms with Gasteiger partial charge in [-0.25, -0.2) is 13.4 Å². The highest BCUT2D eigenvalue weighted by Crippen LogP contribution is 2.29. The zero-order valence-corrected chi connectivity index (χ0v) is 27.8. The average molecular weight is 661 g/mol. The molecule has 250 valence electrons. The third-order valence-corrected chi connectivity index (χ3v) is 9.60. The molecule has 4 rings (SSSR count). The van der Waals surface area contributed by atoms with Gasteiger partial charge in [0.1, 0.15) is 5.75 Å². The number of ether oxygens (including phenoxy) is 1. The first kappa shape index (κ1) is 35.6. The van der Waals surface area contributed by atoms with Crippen LogP contribution >= 0.6 is 0 Å². The highest BCUT2D eigenvalue weighted by molar-refractivity contribution is 7.89. The monoisotopic (exact) mass is 660 g/mol. The van der Waals surface area contributed by atoms with Gasteiger partial charge in [-0.05, 0) is 47.2 Å². The van der Waals surface area contributed by atoms with E-state index in [4.69, 9.17) is 11.2 Å². The normalized spacial score (nSPS) is 13.8. The second-order valence-electron chi connectivity index (χ2n) is 12.0. The number of benzene rings is 3. The Morgan fingerprint density at radius 3 is 2.34 bits per heavy atom. The molecule has 0 spiro atoms. The van der Waals surface area contributed by atoms with Crippen molar-refractivity contribution in [2.45, 2.75) is 63.1 Å². The van der Waals surface area contributed by atoms with Gasteiger partial charge in [0.05, 0.1) is 30.2 Å². The molecule has 0 fully saturated rings. The molecule has 3 aromatic carbocycles. The molecular formula is C36H44N4O6S. The second-order valence-corrected chi connectivity index (χ2v) is 13.9. The van der Waals surface area contributed by atoms with Crippen molar-refractivity contribution in [3.63, 3.8) is 0 Å². The molecule has 0 bridgehead atoms. The van der Waals surface area contributed by atoms with Crippen molar-refractivity contribution in [1.29, 1.82) is 0 Å². The van der Waals surface area contributed by atoms with E-state index in [1.54, 1.807) is 12.1 Å². The lowest BCUT2D eigenvalue weighted by molar-refractivity contribution is -0.147. The molecule has 1 aliphatic rings. The molecule has 3 N–H and O–H groups in total. The number of hydrazine groups is 1. The number of sulfonamides is 1. The van der Waals surface area contributed by atoms with Gasteiger partial charge in [-0.15, -0.1) is 12.3 Å². The van der Waals surface area contributed by atoms with Crippen LogP contribution in [0.3, 0.4) is 0 Å². The van der Waals surface area contributed by atoms with E-state index >= 15 is 0 Å². The van der Waals surface area contributed by atoms with Crippen molar-refractivity contribution in [3.05, 3.63) is 95.6 Å². The Morgan fingerprint density at radius 1 is 1.00 bits per heavy atom. The fourth-order valence-electron chi connectivity index (χ4n) is 5.46. The molecule has 0 aliphatic carbocycles. The summed E-state index contributed by atoms with van der Waals surface area (Å²) in [6.07, 6.45) is 4.89. The van der Waals surface area contributed by atoms with Crippen LogP contribution in [-0.2, 0) is 39.0 Å². The van der Waals surface area contributed by atoms with Gasteiger partial charge in [-0.3, -0.25) is 15.0 Å². The van der Waals surface area contributed by atoms with Crippen LogP contribution in [0.1, 0.15) is 43.4 Å². The van der Waals surface area contributed by atoms with Crippen LogP contribution in [0, 0.1) is 18.3 Å². The molecule has 0 saturated heterocycles. The van der Waals surface area contributed by atoms with Crippen LogP contribution in [0.2, 0.25) is 0 Å². The maximum Gasteiger partial charge on any atom is 0.252 e. The summed E-state index contributed by atoms with van der Waals surface area (Å²) in [7, 11) is -4.05. The fourth-order valence-corrected chi connectivity index (χ4v) is 7.13. The number of hydrogen-bond acceptors (Lipinski definition) is 7. The third-order valence-electron chi connectivity index (χ3n) is 7.78. The van der Waals surface area contributed by atoms with Gasteiger partial charge in [-0.1, -0.05) is 74.5 Å². The minimum absolute atomic E-state index is 0.0638. The number of hydrogen-bond donors (Lipinski definition) is 3. The average Bonchev–Trinajstić information content (AvgIpc) is 3.54. The van der Waals surface area contributed by atoms with E-state index in [9.17, 15) is 23.1 Å². The van der Waals surface area contributed by atoms with E-state index in [-0.39, 0.29) is 49.7 Å². The van der Waals surface area contributed by atoms with Gasteiger partial charge in [0.2, 0.25) is 15.9 Å². The van der Waals surface area contributed by atoms with Crippen LogP contribution in [0.25, 0.3) is 0 Å². The number of fused-ring (bicyclic) bond motifs is 1. The molecule has 1 aliphatic heterocycles. The topological polar surface area (TPSA) is 128 Å². The molecule has 2 amide bonds. The molecular weight excluding hydrogens is 616 g/mol. The van der Waals surface area contributed by atoms with E-state index in [0.29, 0.717) is 25.3 Å². The van der Waals surface area contributed by atoms with E-state index in [1.807, 2.05) is 74.5 Å². The van der Waals surface area contributed by atoms with E-state index in [0.717, 1.165) is 21.7 Å². The summed E-state index contributed by atoms with van der Waals surface area (Å²) in [5.74, 6) is 2.07. The summed E-state index contributed by atoms with van der Waals surface area (Å²) >= 11 is 0. The molecule has 0 aromatic heterocycles. The van der Waals surface area contributed by atoms with Crippen LogP contribution < -0.4 is 15.5 Å². The minimum Gasteiger partial charge on any atom is -0.493 e. The number of carbonyl (C=O) groups is 2. The number of nitrogens with zero attached hydrogens (tertiary/aromatic N) is 2.